The van der Waals surface area contributed by atoms with Crippen molar-refractivity contribution in [1.29, 1.82) is 0 Å². The molecule has 4 heterocycles. The quantitative estimate of drug-likeness (QED) is 0.575. The minimum atomic E-state index is -0.253. The number of para-hydroxylation sites is 1. The average molecular weight is 480 g/mol. The highest BCUT2D eigenvalue weighted by Crippen LogP contribution is 2.28. The highest BCUT2D eigenvalue weighted by Gasteiger charge is 2.27. The SMILES string of the molecule is Cc1c(C(=O)N2CCN(c3ccccc3)CC2)sc2ncn(CC(=O)N3CCCCC3)c(=O)c12. The summed E-state index contributed by atoms with van der Waals surface area (Å²) in [5.41, 5.74) is 1.57. The zero-order chi connectivity index (χ0) is 23.7. The topological polar surface area (TPSA) is 78.8 Å². The van der Waals surface area contributed by atoms with Gasteiger partial charge in [0.05, 0.1) is 16.6 Å². The largest absolute Gasteiger partial charge is 0.368 e. The number of fused-ring (bicyclic) bond motifs is 1. The number of amides is 2. The number of nitrogens with zero attached hydrogens (tertiary/aromatic N) is 5. The Bertz CT molecular complexity index is 1250. The molecule has 0 bridgehead atoms. The van der Waals surface area contributed by atoms with Gasteiger partial charge in [0.2, 0.25) is 5.91 Å². The van der Waals surface area contributed by atoms with Gasteiger partial charge in [-0.1, -0.05) is 18.2 Å². The van der Waals surface area contributed by atoms with Gasteiger partial charge in [0.25, 0.3) is 11.5 Å². The molecule has 0 N–H and O–H groups in total. The van der Waals surface area contributed by atoms with Crippen LogP contribution in [0.5, 0.6) is 0 Å². The summed E-state index contributed by atoms with van der Waals surface area (Å²) in [4.78, 5) is 50.7. The fraction of sp³-hybridized carbons (Fsp3) is 0.440. The number of likely N-dealkylation sites (tertiary alicyclic amines) is 1. The average Bonchev–Trinajstić information content (AvgIpc) is 3.23. The summed E-state index contributed by atoms with van der Waals surface area (Å²) in [6.07, 6.45) is 4.60. The maximum atomic E-state index is 13.3. The zero-order valence-electron chi connectivity index (χ0n) is 19.4. The first kappa shape index (κ1) is 22.6. The molecule has 34 heavy (non-hydrogen) atoms. The summed E-state index contributed by atoms with van der Waals surface area (Å²) in [5.74, 6) is -0.105. The molecule has 0 atom stereocenters. The molecule has 2 saturated heterocycles. The second kappa shape index (κ2) is 9.58. The summed E-state index contributed by atoms with van der Waals surface area (Å²) in [5, 5.41) is 0.449. The number of piperazine rings is 1. The van der Waals surface area contributed by atoms with Crippen molar-refractivity contribution in [2.45, 2.75) is 32.7 Å². The number of thiophene rings is 1. The van der Waals surface area contributed by atoms with Gasteiger partial charge in [-0.2, -0.15) is 0 Å². The smallest absolute Gasteiger partial charge is 0.264 e. The monoisotopic (exact) mass is 479 g/mol. The maximum Gasteiger partial charge on any atom is 0.264 e. The minimum Gasteiger partial charge on any atom is -0.368 e. The third-order valence-electron chi connectivity index (χ3n) is 6.81. The summed E-state index contributed by atoms with van der Waals surface area (Å²) in [7, 11) is 0. The van der Waals surface area contributed by atoms with Crippen molar-refractivity contribution in [1.82, 2.24) is 19.4 Å². The number of piperidine rings is 1. The van der Waals surface area contributed by atoms with E-state index in [2.05, 4.69) is 22.0 Å². The molecule has 8 nitrogen and oxygen atoms in total. The molecule has 0 saturated carbocycles. The van der Waals surface area contributed by atoms with Gasteiger partial charge in [-0.15, -0.1) is 11.3 Å². The lowest BCUT2D eigenvalue weighted by Crippen LogP contribution is -2.48. The van der Waals surface area contributed by atoms with Gasteiger partial charge < -0.3 is 14.7 Å². The first-order chi connectivity index (χ1) is 16.5. The van der Waals surface area contributed by atoms with Crippen LogP contribution in [0.25, 0.3) is 10.2 Å². The molecular weight excluding hydrogens is 450 g/mol. The molecule has 0 radical (unpaired) electrons. The summed E-state index contributed by atoms with van der Waals surface area (Å²) < 4.78 is 1.38. The van der Waals surface area contributed by atoms with Gasteiger partial charge in [-0.3, -0.25) is 19.0 Å². The highest BCUT2D eigenvalue weighted by molar-refractivity contribution is 7.20. The Hall–Kier alpha value is -3.20. The van der Waals surface area contributed by atoms with E-state index in [1.165, 1.54) is 22.2 Å². The summed E-state index contributed by atoms with van der Waals surface area (Å²) in [6, 6.07) is 10.2. The van der Waals surface area contributed by atoms with Crippen LogP contribution in [-0.2, 0) is 11.3 Å². The van der Waals surface area contributed by atoms with Gasteiger partial charge >= 0.3 is 0 Å². The number of aromatic nitrogens is 2. The van der Waals surface area contributed by atoms with Gasteiger partial charge in [-0.25, -0.2) is 4.98 Å². The fourth-order valence-corrected chi connectivity index (χ4v) is 5.92. The molecule has 178 valence electrons. The van der Waals surface area contributed by atoms with Crippen LogP contribution in [-0.4, -0.2) is 70.4 Å². The predicted molar refractivity (Wildman–Crippen MR) is 134 cm³/mol. The lowest BCUT2D eigenvalue weighted by Gasteiger charge is -2.36. The Kier molecular flexibility index (Phi) is 6.36. The molecular formula is C25H29N5O3S. The Morgan fingerprint density at radius 3 is 2.35 bits per heavy atom. The first-order valence-electron chi connectivity index (χ1n) is 11.9. The van der Waals surface area contributed by atoms with Crippen molar-refractivity contribution in [2.24, 2.45) is 0 Å². The summed E-state index contributed by atoms with van der Waals surface area (Å²) in [6.45, 7) is 6.08. The van der Waals surface area contributed by atoms with E-state index in [-0.39, 0.29) is 23.9 Å². The van der Waals surface area contributed by atoms with Crippen molar-refractivity contribution in [3.05, 3.63) is 57.5 Å². The molecule has 3 aromatic rings. The number of hydrogen-bond donors (Lipinski definition) is 0. The molecule has 2 aromatic heterocycles. The molecule has 0 spiro atoms. The van der Waals surface area contributed by atoms with Crippen LogP contribution in [0.15, 0.2) is 41.5 Å². The summed E-state index contributed by atoms with van der Waals surface area (Å²) >= 11 is 1.27. The maximum absolute atomic E-state index is 13.3. The van der Waals surface area contributed by atoms with Crippen LogP contribution >= 0.6 is 11.3 Å². The van der Waals surface area contributed by atoms with Crippen LogP contribution in [0.3, 0.4) is 0 Å². The molecule has 2 fully saturated rings. The number of benzene rings is 1. The van der Waals surface area contributed by atoms with E-state index in [1.54, 1.807) is 0 Å². The zero-order valence-corrected chi connectivity index (χ0v) is 20.2. The molecule has 9 heteroatoms. The van der Waals surface area contributed by atoms with E-state index < -0.39 is 0 Å². The molecule has 0 unspecified atom stereocenters. The number of aryl methyl sites for hydroxylation is 1. The molecule has 1 aromatic carbocycles. The van der Waals surface area contributed by atoms with Crippen LogP contribution in [0, 0.1) is 6.92 Å². The highest BCUT2D eigenvalue weighted by atomic mass is 32.1. The minimum absolute atomic E-state index is 0.0121. The van der Waals surface area contributed by atoms with E-state index in [1.807, 2.05) is 34.9 Å². The normalized spacial score (nSPS) is 16.8. The molecule has 2 aliphatic heterocycles. The van der Waals surface area contributed by atoms with Gasteiger partial charge in [-0.05, 0) is 43.9 Å². The van der Waals surface area contributed by atoms with Crippen molar-refractivity contribution in [2.75, 3.05) is 44.2 Å². The lowest BCUT2D eigenvalue weighted by molar-refractivity contribution is -0.132. The van der Waals surface area contributed by atoms with E-state index in [0.29, 0.717) is 33.7 Å². The Labute approximate surface area is 202 Å². The van der Waals surface area contributed by atoms with Gasteiger partial charge in [0, 0.05) is 45.0 Å². The number of hydrogen-bond acceptors (Lipinski definition) is 6. The number of carbonyl (C=O) groups is 2. The Morgan fingerprint density at radius 2 is 1.65 bits per heavy atom. The van der Waals surface area contributed by atoms with Crippen molar-refractivity contribution < 1.29 is 9.59 Å². The number of rotatable bonds is 4. The van der Waals surface area contributed by atoms with Crippen LogP contribution < -0.4 is 10.5 Å². The third-order valence-corrected chi connectivity index (χ3v) is 8.00. The predicted octanol–water partition coefficient (Wildman–Crippen LogP) is 2.74. The number of carbonyl (C=O) groups excluding carboxylic acids is 2. The Balaban J connectivity index is 1.33. The standard InChI is InChI=1S/C25H29N5O3S/c1-18-21-23(26-17-30(24(21)32)16-20(31)28-10-6-3-7-11-28)34-22(18)25(33)29-14-12-27(13-15-29)19-8-4-2-5-9-19/h2,4-5,8-9,17H,3,6-7,10-16H2,1H3. The Morgan fingerprint density at radius 1 is 0.941 bits per heavy atom. The lowest BCUT2D eigenvalue weighted by atomic mass is 10.1. The van der Waals surface area contributed by atoms with E-state index in [4.69, 9.17) is 0 Å². The second-order valence-corrected chi connectivity index (χ2v) is 9.97. The number of anilines is 1. The molecule has 5 rings (SSSR count). The molecule has 2 aliphatic rings. The van der Waals surface area contributed by atoms with Gasteiger partial charge in [0.15, 0.2) is 0 Å². The fourth-order valence-electron chi connectivity index (χ4n) is 4.82. The van der Waals surface area contributed by atoms with Crippen LogP contribution in [0.2, 0.25) is 0 Å². The molecule has 2 amide bonds. The van der Waals surface area contributed by atoms with Crippen molar-refractivity contribution in [3.63, 3.8) is 0 Å². The first-order valence-corrected chi connectivity index (χ1v) is 12.7. The van der Waals surface area contributed by atoms with E-state index >= 15 is 0 Å². The van der Waals surface area contributed by atoms with Crippen LogP contribution in [0.4, 0.5) is 5.69 Å². The van der Waals surface area contributed by atoms with Gasteiger partial charge in [0.1, 0.15) is 11.4 Å². The van der Waals surface area contributed by atoms with Crippen molar-refractivity contribution >= 4 is 39.1 Å². The van der Waals surface area contributed by atoms with E-state index in [9.17, 15) is 14.4 Å². The molecule has 0 aliphatic carbocycles. The second-order valence-electron chi connectivity index (χ2n) is 8.97. The van der Waals surface area contributed by atoms with Crippen molar-refractivity contribution in [3.8, 4) is 0 Å². The van der Waals surface area contributed by atoms with E-state index in [0.717, 1.165) is 51.1 Å². The van der Waals surface area contributed by atoms with Crippen LogP contribution in [0.1, 0.15) is 34.5 Å². The third kappa shape index (κ3) is 4.32.